The summed E-state index contributed by atoms with van der Waals surface area (Å²) in [5.74, 6) is 0. The molecule has 1 N–H and O–H groups in total. The van der Waals surface area contributed by atoms with Crippen LogP contribution in [0, 0.1) is 0 Å². The molecule has 0 saturated carbocycles. The number of hydrogen-bond donors (Lipinski definition) is 1. The Bertz CT molecular complexity index is 239. The van der Waals surface area contributed by atoms with Crippen LogP contribution in [0.25, 0.3) is 0 Å². The Kier molecular flexibility index (Phi) is 4.29. The second kappa shape index (κ2) is 5.28. The highest BCUT2D eigenvalue weighted by Crippen LogP contribution is 2.16. The molecule has 0 heterocycles. The molecular weight excluding hydrogens is 226 g/mol. The lowest BCUT2D eigenvalue weighted by Gasteiger charge is -2.15. The first-order chi connectivity index (χ1) is 6.26. The molecule has 0 radical (unpaired) electrons. The zero-order valence-electron chi connectivity index (χ0n) is 8.18. The SMILES string of the molecule is CCC(CC)Nc1ccc(Br)cc1. The molecule has 1 rings (SSSR count). The summed E-state index contributed by atoms with van der Waals surface area (Å²) in [4.78, 5) is 0. The Morgan fingerprint density at radius 3 is 2.15 bits per heavy atom. The van der Waals surface area contributed by atoms with Crippen LogP contribution in [0.1, 0.15) is 26.7 Å². The van der Waals surface area contributed by atoms with Crippen LogP contribution in [0.3, 0.4) is 0 Å². The van der Waals surface area contributed by atoms with Crippen LogP contribution >= 0.6 is 15.9 Å². The third-order valence-corrected chi connectivity index (χ3v) is 2.73. The highest BCUT2D eigenvalue weighted by Gasteiger charge is 2.01. The van der Waals surface area contributed by atoms with Gasteiger partial charge in [0.1, 0.15) is 0 Å². The van der Waals surface area contributed by atoms with Crippen molar-refractivity contribution in [2.45, 2.75) is 32.7 Å². The van der Waals surface area contributed by atoms with Crippen molar-refractivity contribution in [3.63, 3.8) is 0 Å². The maximum Gasteiger partial charge on any atom is 0.0343 e. The molecule has 1 aromatic rings. The Balaban J connectivity index is 2.58. The average molecular weight is 242 g/mol. The van der Waals surface area contributed by atoms with E-state index in [0.29, 0.717) is 6.04 Å². The Labute approximate surface area is 88.7 Å². The Morgan fingerprint density at radius 1 is 1.15 bits per heavy atom. The molecule has 0 aromatic heterocycles. The zero-order valence-corrected chi connectivity index (χ0v) is 9.76. The molecule has 0 bridgehead atoms. The monoisotopic (exact) mass is 241 g/mol. The van der Waals surface area contributed by atoms with E-state index in [0.717, 1.165) is 4.47 Å². The molecule has 0 unspecified atom stereocenters. The van der Waals surface area contributed by atoms with Gasteiger partial charge in [0, 0.05) is 16.2 Å². The van der Waals surface area contributed by atoms with Crippen LogP contribution in [-0.4, -0.2) is 6.04 Å². The van der Waals surface area contributed by atoms with Crippen LogP contribution in [-0.2, 0) is 0 Å². The molecule has 0 aliphatic rings. The normalized spacial score (nSPS) is 10.5. The summed E-state index contributed by atoms with van der Waals surface area (Å²) in [6.07, 6.45) is 2.35. The average Bonchev–Trinajstić information content (AvgIpc) is 2.17. The van der Waals surface area contributed by atoms with E-state index in [9.17, 15) is 0 Å². The molecule has 13 heavy (non-hydrogen) atoms. The molecular formula is C11H16BrN. The number of nitrogens with one attached hydrogen (secondary N) is 1. The number of hydrogen-bond acceptors (Lipinski definition) is 1. The van der Waals surface area contributed by atoms with Gasteiger partial charge in [0.15, 0.2) is 0 Å². The fourth-order valence-electron chi connectivity index (χ4n) is 1.27. The lowest BCUT2D eigenvalue weighted by molar-refractivity contribution is 0.672. The minimum absolute atomic E-state index is 0.598. The molecule has 0 spiro atoms. The van der Waals surface area contributed by atoms with E-state index in [1.165, 1.54) is 18.5 Å². The van der Waals surface area contributed by atoms with Crippen LogP contribution in [0.2, 0.25) is 0 Å². The van der Waals surface area contributed by atoms with Crippen LogP contribution in [0.5, 0.6) is 0 Å². The van der Waals surface area contributed by atoms with Gasteiger partial charge in [-0.3, -0.25) is 0 Å². The van der Waals surface area contributed by atoms with Crippen molar-refractivity contribution in [2.24, 2.45) is 0 Å². The standard InChI is InChI=1S/C11H16BrN/c1-3-10(4-2)13-11-7-5-9(12)6-8-11/h5-8,10,13H,3-4H2,1-2H3. The van der Waals surface area contributed by atoms with E-state index in [1.807, 2.05) is 0 Å². The van der Waals surface area contributed by atoms with Crippen molar-refractivity contribution in [3.8, 4) is 0 Å². The topological polar surface area (TPSA) is 12.0 Å². The number of anilines is 1. The predicted molar refractivity (Wildman–Crippen MR) is 62.1 cm³/mol. The van der Waals surface area contributed by atoms with Crippen molar-refractivity contribution >= 4 is 21.6 Å². The summed E-state index contributed by atoms with van der Waals surface area (Å²) in [7, 11) is 0. The van der Waals surface area contributed by atoms with Gasteiger partial charge in [-0.05, 0) is 37.1 Å². The van der Waals surface area contributed by atoms with Gasteiger partial charge in [0.2, 0.25) is 0 Å². The maximum absolute atomic E-state index is 3.48. The lowest BCUT2D eigenvalue weighted by Crippen LogP contribution is -2.16. The molecule has 1 aromatic carbocycles. The molecule has 2 heteroatoms. The third-order valence-electron chi connectivity index (χ3n) is 2.20. The summed E-state index contributed by atoms with van der Waals surface area (Å²) in [5.41, 5.74) is 1.21. The van der Waals surface area contributed by atoms with Crippen molar-refractivity contribution in [2.75, 3.05) is 5.32 Å². The Morgan fingerprint density at radius 2 is 1.69 bits per heavy atom. The molecule has 0 amide bonds. The summed E-state index contributed by atoms with van der Waals surface area (Å²) in [6.45, 7) is 4.42. The number of rotatable bonds is 4. The van der Waals surface area contributed by atoms with Gasteiger partial charge in [-0.1, -0.05) is 29.8 Å². The highest BCUT2D eigenvalue weighted by atomic mass is 79.9. The summed E-state index contributed by atoms with van der Waals surface area (Å²) in [5, 5.41) is 3.48. The fraction of sp³-hybridized carbons (Fsp3) is 0.455. The fourth-order valence-corrected chi connectivity index (χ4v) is 1.54. The van der Waals surface area contributed by atoms with E-state index in [4.69, 9.17) is 0 Å². The van der Waals surface area contributed by atoms with Crippen LogP contribution < -0.4 is 5.32 Å². The van der Waals surface area contributed by atoms with Gasteiger partial charge < -0.3 is 5.32 Å². The summed E-state index contributed by atoms with van der Waals surface area (Å²) < 4.78 is 1.13. The first-order valence-corrected chi connectivity index (χ1v) is 5.57. The zero-order chi connectivity index (χ0) is 9.68. The van der Waals surface area contributed by atoms with E-state index >= 15 is 0 Å². The van der Waals surface area contributed by atoms with E-state index < -0.39 is 0 Å². The van der Waals surface area contributed by atoms with E-state index in [2.05, 4.69) is 59.4 Å². The minimum atomic E-state index is 0.598. The van der Waals surface area contributed by atoms with Gasteiger partial charge in [-0.15, -0.1) is 0 Å². The van der Waals surface area contributed by atoms with Crippen LogP contribution in [0.4, 0.5) is 5.69 Å². The quantitative estimate of drug-likeness (QED) is 0.839. The minimum Gasteiger partial charge on any atom is -0.382 e. The highest BCUT2D eigenvalue weighted by molar-refractivity contribution is 9.10. The molecule has 0 atom stereocenters. The first kappa shape index (κ1) is 10.6. The maximum atomic E-state index is 3.48. The predicted octanol–water partition coefficient (Wildman–Crippen LogP) is 4.05. The van der Waals surface area contributed by atoms with Gasteiger partial charge in [0.05, 0.1) is 0 Å². The van der Waals surface area contributed by atoms with Crippen molar-refractivity contribution in [1.82, 2.24) is 0 Å². The summed E-state index contributed by atoms with van der Waals surface area (Å²) >= 11 is 3.42. The summed E-state index contributed by atoms with van der Waals surface area (Å²) in [6, 6.07) is 8.92. The smallest absolute Gasteiger partial charge is 0.0343 e. The second-order valence-electron chi connectivity index (χ2n) is 3.16. The van der Waals surface area contributed by atoms with E-state index in [-0.39, 0.29) is 0 Å². The molecule has 0 saturated heterocycles. The lowest BCUT2D eigenvalue weighted by atomic mass is 10.1. The molecule has 0 fully saturated rings. The molecule has 1 nitrogen and oxygen atoms in total. The largest absolute Gasteiger partial charge is 0.382 e. The third kappa shape index (κ3) is 3.39. The molecule has 72 valence electrons. The number of benzene rings is 1. The molecule has 0 aliphatic heterocycles. The van der Waals surface area contributed by atoms with E-state index in [1.54, 1.807) is 0 Å². The van der Waals surface area contributed by atoms with Gasteiger partial charge in [0.25, 0.3) is 0 Å². The van der Waals surface area contributed by atoms with Crippen molar-refractivity contribution in [1.29, 1.82) is 0 Å². The first-order valence-electron chi connectivity index (χ1n) is 4.78. The second-order valence-corrected chi connectivity index (χ2v) is 4.08. The Hall–Kier alpha value is -0.500. The van der Waals surface area contributed by atoms with Crippen molar-refractivity contribution < 1.29 is 0 Å². The van der Waals surface area contributed by atoms with Crippen LogP contribution in [0.15, 0.2) is 28.7 Å². The van der Waals surface area contributed by atoms with Gasteiger partial charge >= 0.3 is 0 Å². The van der Waals surface area contributed by atoms with Gasteiger partial charge in [-0.2, -0.15) is 0 Å². The van der Waals surface area contributed by atoms with Crippen molar-refractivity contribution in [3.05, 3.63) is 28.7 Å². The number of halogens is 1. The van der Waals surface area contributed by atoms with Gasteiger partial charge in [-0.25, -0.2) is 0 Å². The molecule has 0 aliphatic carbocycles.